The van der Waals surface area contributed by atoms with Crippen LogP contribution in [0, 0.1) is 0 Å². The molecule has 2 rings (SSSR count). The Morgan fingerprint density at radius 3 is 2.77 bits per heavy atom. The summed E-state index contributed by atoms with van der Waals surface area (Å²) in [6.07, 6.45) is 6.35. The van der Waals surface area contributed by atoms with Crippen LogP contribution < -0.4 is 0 Å². The summed E-state index contributed by atoms with van der Waals surface area (Å²) in [5, 5.41) is 0. The van der Waals surface area contributed by atoms with Gasteiger partial charge in [0.1, 0.15) is 0 Å². The topological polar surface area (TPSA) is 0 Å². The predicted molar refractivity (Wildman–Crippen MR) is 67.2 cm³/mol. The molecule has 0 N–H and O–H groups in total. The van der Waals surface area contributed by atoms with Crippen molar-refractivity contribution in [2.75, 3.05) is 0 Å². The van der Waals surface area contributed by atoms with E-state index in [1.54, 1.807) is 0 Å². The van der Waals surface area contributed by atoms with Gasteiger partial charge in [-0.25, -0.2) is 0 Å². The molecule has 0 saturated carbocycles. The normalized spacial score (nSPS) is 14.6. The van der Waals surface area contributed by atoms with Crippen molar-refractivity contribution in [2.45, 2.75) is 0 Å². The molecule has 0 aliphatic carbocycles. The molecular formula is C12H9I. The van der Waals surface area contributed by atoms with Gasteiger partial charge in [0.05, 0.1) is 0 Å². The van der Waals surface area contributed by atoms with Crippen molar-refractivity contribution >= 4 is 30.0 Å². The summed E-state index contributed by atoms with van der Waals surface area (Å²) in [5.41, 5.74) is 2.56. The molecule has 1 aromatic carbocycles. The minimum atomic E-state index is 0.0299. The minimum absolute atomic E-state index is 0.0299. The van der Waals surface area contributed by atoms with E-state index in [0.717, 1.165) is 0 Å². The maximum atomic E-state index is 3.27. The number of allylic oxidation sites excluding steroid dienone is 4. The van der Waals surface area contributed by atoms with E-state index in [1.807, 2.05) is 12.1 Å². The fraction of sp³-hybridized carbons (Fsp3) is 0. The van der Waals surface area contributed by atoms with E-state index in [-0.39, 0.29) is 20.7 Å². The third-order valence-corrected chi connectivity index (χ3v) is 3.24. The van der Waals surface area contributed by atoms with Gasteiger partial charge in [0.25, 0.3) is 0 Å². The minimum Gasteiger partial charge on any atom is -0.0825 e. The molecule has 1 aliphatic heterocycles. The van der Waals surface area contributed by atoms with E-state index >= 15 is 0 Å². The molecule has 1 heteroatoms. The summed E-state index contributed by atoms with van der Waals surface area (Å²) in [7, 11) is 0. The highest BCUT2D eigenvalue weighted by Gasteiger charge is 1.94. The maximum absolute atomic E-state index is 3.27. The highest BCUT2D eigenvalue weighted by Crippen LogP contribution is 2.18. The Labute approximate surface area is 88.0 Å². The van der Waals surface area contributed by atoms with Gasteiger partial charge in [0.15, 0.2) is 0 Å². The van der Waals surface area contributed by atoms with E-state index in [4.69, 9.17) is 0 Å². The molecule has 0 radical (unpaired) electrons. The average Bonchev–Trinajstić information content (AvgIpc) is 2.47. The molecule has 0 bridgehead atoms. The summed E-state index contributed by atoms with van der Waals surface area (Å²) in [4.78, 5) is 0. The van der Waals surface area contributed by atoms with Crippen molar-refractivity contribution in [2.24, 2.45) is 0 Å². The molecular weight excluding hydrogens is 271 g/mol. The van der Waals surface area contributed by atoms with Crippen LogP contribution in [0.4, 0.5) is 0 Å². The Hall–Kier alpha value is -0.920. The lowest BCUT2D eigenvalue weighted by atomic mass is 10.1. The zero-order valence-electron chi connectivity index (χ0n) is 7.07. The van der Waals surface area contributed by atoms with Gasteiger partial charge in [-0.3, -0.25) is 0 Å². The second-order valence-electron chi connectivity index (χ2n) is 2.67. The summed E-state index contributed by atoms with van der Waals surface area (Å²) in [6.45, 7) is 0. The molecule has 0 unspecified atom stereocenters. The number of rotatable bonds is 1. The van der Waals surface area contributed by atoms with Crippen LogP contribution in [0.15, 0.2) is 52.6 Å². The second-order valence-corrected chi connectivity index (χ2v) is 4.63. The van der Waals surface area contributed by atoms with Crippen LogP contribution in [0.3, 0.4) is 0 Å². The standard InChI is InChI=1S/C12H9I/c1-2-5-11(6-3-1)12-7-4-9-13-10-8-12/h1-8,10H. The van der Waals surface area contributed by atoms with E-state index < -0.39 is 0 Å². The fourth-order valence-corrected chi connectivity index (χ4v) is 2.33. The highest BCUT2D eigenvalue weighted by atomic mass is 127. The summed E-state index contributed by atoms with van der Waals surface area (Å²) in [6, 6.07) is 10.4. The quantitative estimate of drug-likeness (QED) is 0.690. The first-order chi connectivity index (χ1) is 6.47. The molecule has 13 heavy (non-hydrogen) atoms. The Balaban J connectivity index is 2.39. The van der Waals surface area contributed by atoms with E-state index in [2.05, 4.69) is 44.2 Å². The van der Waals surface area contributed by atoms with Crippen LogP contribution in [0.2, 0.25) is 0 Å². The highest BCUT2D eigenvalue weighted by molar-refractivity contribution is 14.2. The fourth-order valence-electron chi connectivity index (χ4n) is 1.17. The molecule has 0 amide bonds. The van der Waals surface area contributed by atoms with Crippen molar-refractivity contribution in [3.63, 3.8) is 0 Å². The second kappa shape index (κ2) is 4.35. The van der Waals surface area contributed by atoms with Gasteiger partial charge >= 0.3 is 0 Å². The molecule has 0 atom stereocenters. The van der Waals surface area contributed by atoms with Crippen LogP contribution in [0.1, 0.15) is 5.56 Å². The third-order valence-electron chi connectivity index (χ3n) is 1.80. The zero-order chi connectivity index (χ0) is 8.93. The smallest absolute Gasteiger partial charge is 0.0133 e. The largest absolute Gasteiger partial charge is 0.0825 e. The van der Waals surface area contributed by atoms with Gasteiger partial charge in [-0.15, -0.1) is 0 Å². The predicted octanol–water partition coefficient (Wildman–Crippen LogP) is 3.53. The molecule has 0 saturated heterocycles. The van der Waals surface area contributed by atoms with Crippen molar-refractivity contribution < 1.29 is 0 Å². The summed E-state index contributed by atoms with van der Waals surface area (Å²) < 4.78 is 5.51. The first-order valence-corrected chi connectivity index (χ1v) is 6.42. The Morgan fingerprint density at radius 2 is 1.92 bits per heavy atom. The van der Waals surface area contributed by atoms with Gasteiger partial charge < -0.3 is 0 Å². The first kappa shape index (κ1) is 8.67. The number of hydrogen-bond acceptors (Lipinski definition) is 0. The van der Waals surface area contributed by atoms with Crippen molar-refractivity contribution in [1.82, 2.24) is 0 Å². The Kier molecular flexibility index (Phi) is 2.90. The third kappa shape index (κ3) is 2.27. The van der Waals surface area contributed by atoms with Crippen LogP contribution >= 0.6 is 20.7 Å². The monoisotopic (exact) mass is 280 g/mol. The Morgan fingerprint density at radius 1 is 1.08 bits per heavy atom. The van der Waals surface area contributed by atoms with Gasteiger partial charge in [-0.05, 0) is 54.2 Å². The van der Waals surface area contributed by atoms with E-state index in [9.17, 15) is 0 Å². The lowest BCUT2D eigenvalue weighted by Gasteiger charge is -1.99. The van der Waals surface area contributed by atoms with Crippen LogP contribution in [0.25, 0.3) is 5.57 Å². The van der Waals surface area contributed by atoms with Gasteiger partial charge in [-0.2, -0.15) is 0 Å². The molecule has 1 aromatic rings. The molecule has 0 spiro atoms. The van der Waals surface area contributed by atoms with Crippen LogP contribution in [-0.2, 0) is 0 Å². The van der Waals surface area contributed by atoms with Crippen molar-refractivity contribution in [1.29, 1.82) is 0 Å². The molecule has 0 aromatic heterocycles. The molecule has 0 fully saturated rings. The molecule has 1 heterocycles. The zero-order valence-corrected chi connectivity index (χ0v) is 9.23. The summed E-state index contributed by atoms with van der Waals surface area (Å²) in [5.74, 6) is 0. The van der Waals surface area contributed by atoms with E-state index in [0.29, 0.717) is 0 Å². The van der Waals surface area contributed by atoms with E-state index in [1.165, 1.54) is 11.1 Å². The number of benzene rings is 1. The molecule has 64 valence electrons. The molecule has 0 nitrogen and oxygen atoms in total. The number of hydrogen-bond donors (Lipinski definition) is 0. The van der Waals surface area contributed by atoms with Crippen LogP contribution in [0.5, 0.6) is 0 Å². The lowest BCUT2D eigenvalue weighted by Crippen LogP contribution is -1.77. The van der Waals surface area contributed by atoms with Gasteiger partial charge in [0.2, 0.25) is 0 Å². The van der Waals surface area contributed by atoms with Gasteiger partial charge in [0, 0.05) is 0 Å². The summed E-state index contributed by atoms with van der Waals surface area (Å²) >= 11 is 0.0299. The molecule has 1 aliphatic rings. The number of halogens is 1. The first-order valence-electron chi connectivity index (χ1n) is 4.10. The maximum Gasteiger partial charge on any atom is -0.0133 e. The van der Waals surface area contributed by atoms with Crippen molar-refractivity contribution in [3.8, 4) is 0 Å². The SMILES string of the molecule is C1=CC=C(c2ccccc2)C=CI=1. The van der Waals surface area contributed by atoms with Crippen molar-refractivity contribution in [3.05, 3.63) is 58.2 Å². The van der Waals surface area contributed by atoms with Crippen LogP contribution in [-0.4, -0.2) is 3.67 Å². The Bertz CT molecular complexity index is 404. The average molecular weight is 280 g/mol. The lowest BCUT2D eigenvalue weighted by molar-refractivity contribution is 1.62. The van der Waals surface area contributed by atoms with Gasteiger partial charge in [-0.1, -0.05) is 34.0 Å².